The van der Waals surface area contributed by atoms with Crippen LogP contribution in [-0.4, -0.2) is 6.17 Å². The topological polar surface area (TPSA) is 0 Å². The van der Waals surface area contributed by atoms with Crippen LogP contribution in [0.4, 0.5) is 4.39 Å². The van der Waals surface area contributed by atoms with E-state index in [4.69, 9.17) is 0 Å². The van der Waals surface area contributed by atoms with Gasteiger partial charge in [0.05, 0.1) is 6.17 Å². The molecule has 0 bridgehead atoms. The average Bonchev–Trinajstić information content (AvgIpc) is 2.28. The van der Waals surface area contributed by atoms with E-state index in [0.29, 0.717) is 5.41 Å². The van der Waals surface area contributed by atoms with Crippen molar-refractivity contribution in [2.75, 3.05) is 0 Å². The van der Waals surface area contributed by atoms with Crippen molar-refractivity contribution in [2.24, 2.45) is 23.2 Å². The second-order valence-electron chi connectivity index (χ2n) is 5.80. The molecule has 1 heteroatoms. The fourth-order valence-corrected chi connectivity index (χ4v) is 3.09. The number of halogens is 1. The van der Waals surface area contributed by atoms with Crippen LogP contribution in [0.2, 0.25) is 0 Å². The molecule has 1 aliphatic rings. The summed E-state index contributed by atoms with van der Waals surface area (Å²) < 4.78 is 12.8. The first-order valence-corrected chi connectivity index (χ1v) is 6.01. The fourth-order valence-electron chi connectivity index (χ4n) is 3.09. The van der Waals surface area contributed by atoms with Gasteiger partial charge in [0.2, 0.25) is 0 Å². The molecule has 1 saturated carbocycles. The van der Waals surface area contributed by atoms with Crippen LogP contribution in [0.1, 0.15) is 53.9 Å². The van der Waals surface area contributed by atoms with Crippen molar-refractivity contribution in [1.82, 2.24) is 0 Å². The van der Waals surface area contributed by atoms with E-state index in [1.807, 2.05) is 0 Å². The van der Waals surface area contributed by atoms with Crippen molar-refractivity contribution in [3.05, 3.63) is 0 Å². The van der Waals surface area contributed by atoms with Crippen molar-refractivity contribution in [1.29, 1.82) is 0 Å². The zero-order valence-corrected chi connectivity index (χ0v) is 10.3. The quantitative estimate of drug-likeness (QED) is 0.631. The van der Waals surface area contributed by atoms with Gasteiger partial charge in [-0.15, -0.1) is 0 Å². The molecule has 0 saturated heterocycles. The minimum absolute atomic E-state index is 0.388. The normalized spacial score (nSPS) is 45.4. The first-order valence-electron chi connectivity index (χ1n) is 6.01. The Hall–Kier alpha value is -0.0700. The maximum absolute atomic E-state index is 12.8. The van der Waals surface area contributed by atoms with Gasteiger partial charge in [0.25, 0.3) is 0 Å². The first-order chi connectivity index (χ1) is 6.37. The van der Waals surface area contributed by atoms with Crippen LogP contribution in [0, 0.1) is 23.2 Å². The van der Waals surface area contributed by atoms with E-state index in [2.05, 4.69) is 27.7 Å². The molecule has 0 nitrogen and oxygen atoms in total. The lowest BCUT2D eigenvalue weighted by Gasteiger charge is -2.31. The predicted molar refractivity (Wildman–Crippen MR) is 60.0 cm³/mol. The van der Waals surface area contributed by atoms with Gasteiger partial charge in [-0.3, -0.25) is 0 Å². The number of hydrogen-bond acceptors (Lipinski definition) is 0. The highest BCUT2D eigenvalue weighted by Crippen LogP contribution is 2.52. The molecule has 84 valence electrons. The highest BCUT2D eigenvalue weighted by Gasteiger charge is 2.43. The van der Waals surface area contributed by atoms with E-state index >= 15 is 0 Å². The summed E-state index contributed by atoms with van der Waals surface area (Å²) in [5.41, 5.74) is 0.388. The fraction of sp³-hybridized carbons (Fsp3) is 1.00. The van der Waals surface area contributed by atoms with Crippen LogP contribution in [0.5, 0.6) is 0 Å². The Balaban J connectivity index is 2.57. The smallest absolute Gasteiger partial charge is 0.0973 e. The Bertz CT molecular complexity index is 188. The monoisotopic (exact) mass is 200 g/mol. The summed E-state index contributed by atoms with van der Waals surface area (Å²) in [6.07, 6.45) is 2.44. The summed E-state index contributed by atoms with van der Waals surface area (Å²) >= 11 is 0. The van der Waals surface area contributed by atoms with Crippen LogP contribution >= 0.6 is 0 Å². The van der Waals surface area contributed by atoms with Gasteiger partial charge in [0, 0.05) is 0 Å². The first kappa shape index (κ1) is 12.0. The van der Waals surface area contributed by atoms with Gasteiger partial charge in [-0.25, -0.2) is 4.39 Å². The van der Waals surface area contributed by atoms with Gasteiger partial charge in [-0.05, 0) is 49.4 Å². The highest BCUT2D eigenvalue weighted by molar-refractivity contribution is 4.93. The third kappa shape index (κ3) is 2.29. The van der Waals surface area contributed by atoms with Crippen LogP contribution in [0.15, 0.2) is 0 Å². The molecular weight excluding hydrogens is 175 g/mol. The van der Waals surface area contributed by atoms with Gasteiger partial charge in [-0.1, -0.05) is 27.7 Å². The van der Waals surface area contributed by atoms with Crippen LogP contribution < -0.4 is 0 Å². The molecule has 0 aromatic heterocycles. The highest BCUT2D eigenvalue weighted by atomic mass is 19.1. The molecule has 0 N–H and O–H groups in total. The molecule has 1 rings (SSSR count). The Kier molecular flexibility index (Phi) is 3.60. The predicted octanol–water partition coefficient (Wildman–Crippen LogP) is 4.44. The second kappa shape index (κ2) is 4.20. The van der Waals surface area contributed by atoms with Crippen molar-refractivity contribution in [3.8, 4) is 0 Å². The van der Waals surface area contributed by atoms with Crippen LogP contribution in [-0.2, 0) is 0 Å². The summed E-state index contributed by atoms with van der Waals surface area (Å²) in [4.78, 5) is 0. The van der Waals surface area contributed by atoms with Crippen molar-refractivity contribution >= 4 is 0 Å². The SMILES string of the molecule is CC(F)CCC1(C)CC(C)C(C)[C@@H]1C. The molecule has 1 aliphatic carbocycles. The number of alkyl halides is 1. The Morgan fingerprint density at radius 1 is 1.36 bits per heavy atom. The zero-order valence-electron chi connectivity index (χ0n) is 10.3. The Labute approximate surface area is 88.3 Å². The summed E-state index contributed by atoms with van der Waals surface area (Å²) in [5, 5.41) is 0. The molecule has 0 heterocycles. The molecule has 0 aliphatic heterocycles. The largest absolute Gasteiger partial charge is 0.248 e. The van der Waals surface area contributed by atoms with Gasteiger partial charge < -0.3 is 0 Å². The van der Waals surface area contributed by atoms with Gasteiger partial charge in [0.1, 0.15) is 0 Å². The maximum Gasteiger partial charge on any atom is 0.0973 e. The van der Waals surface area contributed by atoms with E-state index in [0.717, 1.165) is 30.6 Å². The molecule has 0 aromatic carbocycles. The number of hydrogen-bond donors (Lipinski definition) is 0. The second-order valence-corrected chi connectivity index (χ2v) is 5.80. The van der Waals surface area contributed by atoms with Gasteiger partial charge in [0.15, 0.2) is 0 Å². The zero-order chi connectivity index (χ0) is 10.9. The van der Waals surface area contributed by atoms with Crippen molar-refractivity contribution < 1.29 is 4.39 Å². The molecule has 14 heavy (non-hydrogen) atoms. The van der Waals surface area contributed by atoms with E-state index in [1.165, 1.54) is 6.42 Å². The molecule has 0 spiro atoms. The molecular formula is C13H25F. The standard InChI is InChI=1S/C13H25F/c1-9-8-13(5,7-6-10(2)14)12(4)11(9)3/h9-12H,6-8H2,1-5H3/t9?,10?,11?,12-,13?/m0/s1. The van der Waals surface area contributed by atoms with E-state index in [9.17, 15) is 4.39 Å². The lowest BCUT2D eigenvalue weighted by molar-refractivity contribution is 0.175. The average molecular weight is 200 g/mol. The number of rotatable bonds is 3. The van der Waals surface area contributed by atoms with E-state index < -0.39 is 6.17 Å². The minimum Gasteiger partial charge on any atom is -0.248 e. The van der Waals surface area contributed by atoms with Gasteiger partial charge in [-0.2, -0.15) is 0 Å². The summed E-state index contributed by atoms with van der Waals surface area (Å²) in [6, 6.07) is 0. The van der Waals surface area contributed by atoms with E-state index in [1.54, 1.807) is 6.92 Å². The molecule has 1 fully saturated rings. The Morgan fingerprint density at radius 2 is 1.93 bits per heavy atom. The molecule has 0 radical (unpaired) electrons. The molecule has 0 amide bonds. The minimum atomic E-state index is -0.634. The third-order valence-electron chi connectivity index (χ3n) is 4.69. The molecule has 0 aromatic rings. The maximum atomic E-state index is 12.8. The third-order valence-corrected chi connectivity index (χ3v) is 4.69. The Morgan fingerprint density at radius 3 is 2.29 bits per heavy atom. The summed E-state index contributed by atoms with van der Waals surface area (Å²) in [5.74, 6) is 2.36. The van der Waals surface area contributed by atoms with Crippen molar-refractivity contribution in [3.63, 3.8) is 0 Å². The van der Waals surface area contributed by atoms with Crippen LogP contribution in [0.3, 0.4) is 0 Å². The van der Waals surface area contributed by atoms with Crippen LogP contribution in [0.25, 0.3) is 0 Å². The lowest BCUT2D eigenvalue weighted by Crippen LogP contribution is -2.22. The lowest BCUT2D eigenvalue weighted by atomic mass is 9.75. The molecule has 4 unspecified atom stereocenters. The summed E-state index contributed by atoms with van der Waals surface area (Å²) in [6.45, 7) is 11.1. The van der Waals surface area contributed by atoms with E-state index in [-0.39, 0.29) is 0 Å². The van der Waals surface area contributed by atoms with Gasteiger partial charge >= 0.3 is 0 Å². The van der Waals surface area contributed by atoms with Crippen molar-refractivity contribution in [2.45, 2.75) is 60.1 Å². The molecule has 5 atom stereocenters. The summed E-state index contributed by atoms with van der Waals surface area (Å²) in [7, 11) is 0.